The third-order valence-corrected chi connectivity index (χ3v) is 5.69. The quantitative estimate of drug-likeness (QED) is 0.730. The first-order valence-electron chi connectivity index (χ1n) is 10.2. The lowest BCUT2D eigenvalue weighted by Crippen LogP contribution is -2.44. The van der Waals surface area contributed by atoms with Crippen molar-refractivity contribution in [3.8, 4) is 0 Å². The fourth-order valence-corrected chi connectivity index (χ4v) is 4.18. The monoisotopic (exact) mass is 361 g/mol. The van der Waals surface area contributed by atoms with E-state index in [1.807, 2.05) is 24.3 Å². The van der Waals surface area contributed by atoms with Crippen molar-refractivity contribution in [2.75, 3.05) is 19.6 Å². The Balaban J connectivity index is 1.63. The maximum Gasteiger partial charge on any atom is 0.224 e. The van der Waals surface area contributed by atoms with Crippen molar-refractivity contribution in [1.29, 1.82) is 0 Å². The minimum atomic E-state index is 0.269. The first-order valence-corrected chi connectivity index (χ1v) is 10.2. The van der Waals surface area contributed by atoms with E-state index in [1.165, 1.54) is 12.8 Å². The van der Waals surface area contributed by atoms with Crippen molar-refractivity contribution in [3.63, 3.8) is 0 Å². The summed E-state index contributed by atoms with van der Waals surface area (Å²) in [6, 6.07) is 0.825. The summed E-state index contributed by atoms with van der Waals surface area (Å²) in [7, 11) is 1.92. The Hall–Kier alpha value is -1.40. The van der Waals surface area contributed by atoms with E-state index in [-0.39, 0.29) is 5.91 Å². The Morgan fingerprint density at radius 1 is 1.31 bits per heavy atom. The molecule has 1 aromatic heterocycles. The van der Waals surface area contributed by atoms with Crippen molar-refractivity contribution in [2.24, 2.45) is 24.6 Å². The molecule has 0 aromatic carbocycles. The average molecular weight is 362 g/mol. The maximum absolute atomic E-state index is 13.1. The summed E-state index contributed by atoms with van der Waals surface area (Å²) in [6.07, 6.45) is 9.40. The summed E-state index contributed by atoms with van der Waals surface area (Å²) in [4.78, 5) is 17.7. The highest BCUT2D eigenvalue weighted by Gasteiger charge is 2.37. The highest BCUT2D eigenvalue weighted by atomic mass is 16.2. The molecule has 1 saturated heterocycles. The molecule has 1 aliphatic carbocycles. The highest BCUT2D eigenvalue weighted by molar-refractivity contribution is 5.77. The summed E-state index contributed by atoms with van der Waals surface area (Å²) in [5, 5.41) is 4.24. The van der Waals surface area contributed by atoms with Gasteiger partial charge < -0.3 is 10.6 Å². The van der Waals surface area contributed by atoms with Crippen molar-refractivity contribution < 1.29 is 4.79 Å². The highest BCUT2D eigenvalue weighted by Crippen LogP contribution is 2.35. The Bertz CT molecular complexity index is 595. The predicted octanol–water partition coefficient (Wildman–Crippen LogP) is 2.00. The minimum Gasteiger partial charge on any atom is -0.338 e. The van der Waals surface area contributed by atoms with Crippen molar-refractivity contribution in [1.82, 2.24) is 19.6 Å². The molecule has 1 aliphatic heterocycles. The molecule has 1 saturated carbocycles. The third-order valence-electron chi connectivity index (χ3n) is 5.69. The van der Waals surface area contributed by atoms with Crippen LogP contribution in [-0.4, -0.2) is 57.2 Å². The van der Waals surface area contributed by atoms with Crippen molar-refractivity contribution in [2.45, 2.75) is 64.6 Å². The van der Waals surface area contributed by atoms with E-state index in [1.54, 1.807) is 4.68 Å². The molecule has 0 unspecified atom stereocenters. The standard InChI is InChI=1S/C20H35N5O/c1-15(2)11-24(13-17-10-22-23(3)12-17)20(26)8-18-6-7-19(9-21)25(18)14-16-4-5-16/h10,12,15-16,18-19H,4-9,11,13-14,21H2,1-3H3/t18-,19+/m0/s1. The van der Waals surface area contributed by atoms with Gasteiger partial charge in [-0.15, -0.1) is 0 Å². The Labute approximate surface area is 157 Å². The zero-order chi connectivity index (χ0) is 18.7. The Kier molecular flexibility index (Phi) is 6.35. The van der Waals surface area contributed by atoms with Crippen LogP contribution in [0.2, 0.25) is 0 Å². The van der Waals surface area contributed by atoms with Gasteiger partial charge in [0, 0.05) is 63.5 Å². The van der Waals surface area contributed by atoms with Crippen LogP contribution in [-0.2, 0) is 18.4 Å². The number of carbonyl (C=O) groups excluding carboxylic acids is 1. The van der Waals surface area contributed by atoms with Crippen LogP contribution in [0.4, 0.5) is 0 Å². The van der Waals surface area contributed by atoms with Crippen LogP contribution >= 0.6 is 0 Å². The van der Waals surface area contributed by atoms with Gasteiger partial charge >= 0.3 is 0 Å². The Morgan fingerprint density at radius 2 is 2.04 bits per heavy atom. The molecule has 6 nitrogen and oxygen atoms in total. The first-order chi connectivity index (χ1) is 12.5. The van der Waals surface area contributed by atoms with Gasteiger partial charge in [0.25, 0.3) is 0 Å². The number of rotatable bonds is 9. The van der Waals surface area contributed by atoms with Crippen molar-refractivity contribution in [3.05, 3.63) is 18.0 Å². The van der Waals surface area contributed by atoms with E-state index >= 15 is 0 Å². The largest absolute Gasteiger partial charge is 0.338 e. The van der Waals surface area contributed by atoms with Crippen LogP contribution in [0.25, 0.3) is 0 Å². The SMILES string of the molecule is CC(C)CN(Cc1cnn(C)c1)C(=O)C[C@@H]1CC[C@H](CN)N1CC1CC1. The van der Waals surface area contributed by atoms with Crippen molar-refractivity contribution >= 4 is 5.91 Å². The number of amides is 1. The number of likely N-dealkylation sites (tertiary alicyclic amines) is 1. The van der Waals surface area contributed by atoms with E-state index < -0.39 is 0 Å². The molecule has 2 heterocycles. The zero-order valence-electron chi connectivity index (χ0n) is 16.6. The smallest absolute Gasteiger partial charge is 0.224 e. The molecule has 2 aliphatic rings. The average Bonchev–Trinajstić information content (AvgIpc) is 3.20. The lowest BCUT2D eigenvalue weighted by Gasteiger charge is -2.31. The fourth-order valence-electron chi connectivity index (χ4n) is 4.18. The van der Waals surface area contributed by atoms with Gasteiger partial charge in [-0.25, -0.2) is 0 Å². The predicted molar refractivity (Wildman–Crippen MR) is 103 cm³/mol. The van der Waals surface area contributed by atoms with Gasteiger partial charge in [-0.1, -0.05) is 13.8 Å². The molecule has 2 fully saturated rings. The molecule has 0 spiro atoms. The molecule has 146 valence electrons. The number of aromatic nitrogens is 2. The van der Waals surface area contributed by atoms with E-state index in [0.717, 1.165) is 37.4 Å². The first kappa shape index (κ1) is 19.4. The number of hydrogen-bond acceptors (Lipinski definition) is 4. The lowest BCUT2D eigenvalue weighted by atomic mass is 10.1. The molecule has 0 radical (unpaired) electrons. The van der Waals surface area contributed by atoms with E-state index in [9.17, 15) is 4.79 Å². The van der Waals surface area contributed by atoms with Gasteiger partial charge in [-0.2, -0.15) is 5.10 Å². The molecule has 1 aromatic rings. The molecule has 1 amide bonds. The maximum atomic E-state index is 13.1. The molecular weight excluding hydrogens is 326 g/mol. The van der Waals surface area contributed by atoms with Crippen LogP contribution in [0.5, 0.6) is 0 Å². The van der Waals surface area contributed by atoms with Crippen LogP contribution in [0.1, 0.15) is 51.5 Å². The molecule has 3 rings (SSSR count). The van der Waals surface area contributed by atoms with Gasteiger partial charge in [0.05, 0.1) is 6.20 Å². The molecule has 0 bridgehead atoms. The second kappa shape index (κ2) is 8.53. The number of aryl methyl sites for hydroxylation is 1. The van der Waals surface area contributed by atoms with Gasteiger partial charge in [0.15, 0.2) is 0 Å². The van der Waals surface area contributed by atoms with E-state index in [0.29, 0.717) is 37.5 Å². The topological polar surface area (TPSA) is 67.4 Å². The zero-order valence-corrected chi connectivity index (χ0v) is 16.6. The number of carbonyl (C=O) groups is 1. The fraction of sp³-hybridized carbons (Fsp3) is 0.800. The number of nitrogens with two attached hydrogens (primary N) is 1. The van der Waals surface area contributed by atoms with Gasteiger partial charge in [0.2, 0.25) is 5.91 Å². The van der Waals surface area contributed by atoms with Crippen LogP contribution in [0.3, 0.4) is 0 Å². The third kappa shape index (κ3) is 5.07. The summed E-state index contributed by atoms with van der Waals surface area (Å²) < 4.78 is 1.80. The van der Waals surface area contributed by atoms with Crippen LogP contribution in [0.15, 0.2) is 12.4 Å². The van der Waals surface area contributed by atoms with Gasteiger partial charge in [-0.3, -0.25) is 14.4 Å². The van der Waals surface area contributed by atoms with E-state index in [2.05, 4.69) is 23.8 Å². The minimum absolute atomic E-state index is 0.269. The molecule has 2 N–H and O–H groups in total. The number of nitrogens with zero attached hydrogens (tertiary/aromatic N) is 4. The lowest BCUT2D eigenvalue weighted by molar-refractivity contribution is -0.133. The summed E-state index contributed by atoms with van der Waals surface area (Å²) >= 11 is 0. The summed E-state index contributed by atoms with van der Waals surface area (Å²) in [6.45, 7) is 7.63. The molecular formula is C20H35N5O. The molecule has 26 heavy (non-hydrogen) atoms. The van der Waals surface area contributed by atoms with Crippen LogP contribution < -0.4 is 5.73 Å². The summed E-state index contributed by atoms with van der Waals surface area (Å²) in [5.41, 5.74) is 7.10. The normalized spacial score (nSPS) is 23.7. The van der Waals surface area contributed by atoms with Gasteiger partial charge in [-0.05, 0) is 37.5 Å². The van der Waals surface area contributed by atoms with Gasteiger partial charge in [0.1, 0.15) is 0 Å². The number of hydrogen-bond donors (Lipinski definition) is 1. The second-order valence-corrected chi connectivity index (χ2v) is 8.66. The summed E-state index contributed by atoms with van der Waals surface area (Å²) in [5.74, 6) is 1.56. The molecule has 6 heteroatoms. The Morgan fingerprint density at radius 3 is 2.62 bits per heavy atom. The second-order valence-electron chi connectivity index (χ2n) is 8.66. The van der Waals surface area contributed by atoms with Crippen LogP contribution in [0, 0.1) is 11.8 Å². The molecule has 2 atom stereocenters. The van der Waals surface area contributed by atoms with E-state index in [4.69, 9.17) is 5.73 Å².